The number of unbranched alkanes of at least 4 members (excludes halogenated alkanes) is 7. The normalized spacial score (nSPS) is 38.1. The molecule has 6 unspecified atom stereocenters. The molecule has 5 nitrogen and oxygen atoms in total. The van der Waals surface area contributed by atoms with Gasteiger partial charge in [-0.25, -0.2) is 0 Å². The van der Waals surface area contributed by atoms with E-state index >= 15 is 0 Å². The summed E-state index contributed by atoms with van der Waals surface area (Å²) in [5.74, 6) is 2.12. The van der Waals surface area contributed by atoms with Crippen molar-refractivity contribution in [3.05, 3.63) is 11.6 Å². The Morgan fingerprint density at radius 2 is 1.68 bits per heavy atom. The van der Waals surface area contributed by atoms with Crippen molar-refractivity contribution in [2.45, 2.75) is 126 Å². The number of aliphatic carboxylic acids is 1. The molecule has 214 valence electrons. The van der Waals surface area contributed by atoms with E-state index in [2.05, 4.69) is 38.8 Å². The van der Waals surface area contributed by atoms with Crippen LogP contribution in [0.15, 0.2) is 11.6 Å². The summed E-state index contributed by atoms with van der Waals surface area (Å²) in [5, 5.41) is 8.77. The fourth-order valence-corrected chi connectivity index (χ4v) is 10.3. The van der Waals surface area contributed by atoms with Crippen molar-refractivity contribution in [2.24, 2.45) is 35.0 Å². The number of halogens is 2. The lowest BCUT2D eigenvalue weighted by atomic mass is 9.49. The van der Waals surface area contributed by atoms with Gasteiger partial charge in [0.15, 0.2) is 5.78 Å². The maximum absolute atomic E-state index is 12.7. The number of alkyl halides is 2. The predicted molar refractivity (Wildman–Crippen MR) is 157 cm³/mol. The minimum atomic E-state index is -0.690. The van der Waals surface area contributed by atoms with E-state index in [1.54, 1.807) is 6.92 Å². The number of carbonyl (C=O) groups excluding carboxylic acids is 2. The molecule has 3 fully saturated rings. The Balaban J connectivity index is 1.40. The quantitative estimate of drug-likeness (QED) is 0.131. The van der Waals surface area contributed by atoms with Crippen LogP contribution in [0.5, 0.6) is 0 Å². The minimum absolute atomic E-state index is 0.0321. The van der Waals surface area contributed by atoms with Crippen LogP contribution >= 0.6 is 31.9 Å². The summed E-state index contributed by atoms with van der Waals surface area (Å²) in [6.07, 6.45) is 17.8. The lowest BCUT2D eigenvalue weighted by molar-refractivity contribution is -0.157. The molecule has 0 amide bonds. The summed E-state index contributed by atoms with van der Waals surface area (Å²) in [4.78, 5) is 35.4. The molecule has 0 aromatic heterocycles. The van der Waals surface area contributed by atoms with Crippen molar-refractivity contribution in [3.8, 4) is 0 Å². The molecule has 4 aliphatic carbocycles. The average molecular weight is 659 g/mol. The van der Waals surface area contributed by atoms with Crippen LogP contribution in [0, 0.1) is 35.0 Å². The molecule has 0 aromatic rings. The summed E-state index contributed by atoms with van der Waals surface area (Å²) < 4.78 is 5.89. The first-order valence-electron chi connectivity index (χ1n) is 15.1. The van der Waals surface area contributed by atoms with E-state index in [0.29, 0.717) is 29.6 Å². The molecule has 0 radical (unpaired) electrons. The second-order valence-electron chi connectivity index (χ2n) is 12.8. The number of ether oxygens (including phenoxy) is 1. The molecular formula is C31H46Br2O5. The van der Waals surface area contributed by atoms with Crippen molar-refractivity contribution in [1.82, 2.24) is 0 Å². The number of carboxylic acids is 1. The first-order valence-corrected chi connectivity index (χ1v) is 16.9. The van der Waals surface area contributed by atoms with E-state index in [9.17, 15) is 14.4 Å². The second-order valence-corrected chi connectivity index (χ2v) is 14.8. The number of allylic oxidation sites excluding steroid dienone is 1. The Morgan fingerprint density at radius 1 is 1.03 bits per heavy atom. The van der Waals surface area contributed by atoms with E-state index < -0.39 is 5.97 Å². The highest BCUT2D eigenvalue weighted by molar-refractivity contribution is 9.10. The molecule has 9 atom stereocenters. The van der Waals surface area contributed by atoms with Crippen molar-refractivity contribution in [2.75, 3.05) is 0 Å². The van der Waals surface area contributed by atoms with E-state index in [0.717, 1.165) is 51.4 Å². The van der Waals surface area contributed by atoms with E-state index in [4.69, 9.17) is 9.84 Å². The standard InChI is InChI=1S/C31H46Br2O5/c1-19(34)38-27-14-13-24-29-20(15-16-31(24,27)2)22-17-25(32)26(35)18-23(22)30(33)21(29)11-9-7-5-3-4-6-8-10-12-28(36)37/h18,20-22,24-25,27,29-30H,3-17H2,1-2H3,(H,36,37)/t20?,21-,22?,24?,25?,27-,29?,30?,31-/m0/s1. The van der Waals surface area contributed by atoms with Gasteiger partial charge in [0.1, 0.15) is 6.10 Å². The van der Waals surface area contributed by atoms with Gasteiger partial charge in [-0.05, 0) is 86.2 Å². The Morgan fingerprint density at radius 3 is 2.34 bits per heavy atom. The SMILES string of the molecule is CC(=O)O[C@H]1CCC2C3C(CC[C@@]21C)C1CC(Br)C(=O)C=C1C(Br)[C@H]3CCCCCCCCCCC(=O)O. The highest BCUT2D eigenvalue weighted by Crippen LogP contribution is 2.65. The highest BCUT2D eigenvalue weighted by atomic mass is 79.9. The molecule has 4 aliphatic rings. The lowest BCUT2D eigenvalue weighted by Gasteiger charge is -2.58. The van der Waals surface area contributed by atoms with Crippen LogP contribution in [0.4, 0.5) is 0 Å². The zero-order valence-corrected chi connectivity index (χ0v) is 26.3. The predicted octanol–water partition coefficient (Wildman–Crippen LogP) is 8.02. The van der Waals surface area contributed by atoms with Gasteiger partial charge in [-0.3, -0.25) is 14.4 Å². The highest BCUT2D eigenvalue weighted by Gasteiger charge is 2.61. The molecule has 3 saturated carbocycles. The summed E-state index contributed by atoms with van der Waals surface area (Å²) in [6, 6.07) is 0. The fraction of sp³-hybridized carbons (Fsp3) is 0.839. The van der Waals surface area contributed by atoms with Gasteiger partial charge in [0.2, 0.25) is 0 Å². The second kappa shape index (κ2) is 13.3. The van der Waals surface area contributed by atoms with Gasteiger partial charge in [0, 0.05) is 23.6 Å². The van der Waals surface area contributed by atoms with Gasteiger partial charge in [0.25, 0.3) is 0 Å². The van der Waals surface area contributed by atoms with Crippen molar-refractivity contribution in [3.63, 3.8) is 0 Å². The van der Waals surface area contributed by atoms with Crippen LogP contribution in [0.3, 0.4) is 0 Å². The van der Waals surface area contributed by atoms with Gasteiger partial charge >= 0.3 is 11.9 Å². The fourth-order valence-electron chi connectivity index (χ4n) is 8.70. The zero-order chi connectivity index (χ0) is 27.4. The number of carboxylic acid groups (broad SMARTS) is 1. The molecule has 0 saturated heterocycles. The summed E-state index contributed by atoms with van der Waals surface area (Å²) in [5.41, 5.74) is 1.40. The van der Waals surface area contributed by atoms with Crippen molar-refractivity contribution >= 4 is 49.6 Å². The minimum Gasteiger partial charge on any atom is -0.481 e. The lowest BCUT2D eigenvalue weighted by Crippen LogP contribution is -2.54. The average Bonchev–Trinajstić information content (AvgIpc) is 3.18. The molecule has 0 bridgehead atoms. The zero-order valence-electron chi connectivity index (χ0n) is 23.1. The third kappa shape index (κ3) is 6.61. The largest absolute Gasteiger partial charge is 0.481 e. The number of esters is 1. The topological polar surface area (TPSA) is 80.7 Å². The van der Waals surface area contributed by atoms with Crippen LogP contribution < -0.4 is 0 Å². The van der Waals surface area contributed by atoms with Crippen LogP contribution in [-0.4, -0.2) is 38.6 Å². The van der Waals surface area contributed by atoms with Gasteiger partial charge in [-0.2, -0.15) is 0 Å². The number of fused-ring (bicyclic) bond motifs is 5. The van der Waals surface area contributed by atoms with Crippen molar-refractivity contribution in [1.29, 1.82) is 0 Å². The third-order valence-electron chi connectivity index (χ3n) is 10.5. The maximum atomic E-state index is 12.7. The van der Waals surface area contributed by atoms with E-state index in [1.165, 1.54) is 44.1 Å². The van der Waals surface area contributed by atoms with E-state index in [1.807, 2.05) is 6.08 Å². The Hall–Kier alpha value is -0.690. The Kier molecular flexibility index (Phi) is 10.6. The van der Waals surface area contributed by atoms with E-state index in [-0.39, 0.29) is 39.3 Å². The number of hydrogen-bond donors (Lipinski definition) is 1. The number of rotatable bonds is 12. The van der Waals surface area contributed by atoms with Gasteiger partial charge < -0.3 is 9.84 Å². The molecule has 0 spiro atoms. The number of ketones is 1. The first-order chi connectivity index (χ1) is 18.1. The molecule has 0 aromatic carbocycles. The molecule has 0 heterocycles. The van der Waals surface area contributed by atoms with Crippen LogP contribution in [-0.2, 0) is 19.1 Å². The van der Waals surface area contributed by atoms with Crippen LogP contribution in [0.1, 0.15) is 110 Å². The molecule has 38 heavy (non-hydrogen) atoms. The molecule has 7 heteroatoms. The molecular weight excluding hydrogens is 612 g/mol. The summed E-state index contributed by atoms with van der Waals surface area (Å²) >= 11 is 7.81. The van der Waals surface area contributed by atoms with Gasteiger partial charge in [-0.1, -0.05) is 83.7 Å². The summed E-state index contributed by atoms with van der Waals surface area (Å²) in [6.45, 7) is 3.93. The smallest absolute Gasteiger partial charge is 0.303 e. The molecule has 0 aliphatic heterocycles. The number of hydrogen-bond acceptors (Lipinski definition) is 4. The molecule has 1 N–H and O–H groups in total. The maximum Gasteiger partial charge on any atom is 0.303 e. The Labute approximate surface area is 245 Å². The third-order valence-corrected chi connectivity index (χ3v) is 12.5. The molecule has 4 rings (SSSR count). The van der Waals surface area contributed by atoms with Crippen molar-refractivity contribution < 1.29 is 24.2 Å². The Bertz CT molecular complexity index is 903. The van der Waals surface area contributed by atoms with Crippen LogP contribution in [0.25, 0.3) is 0 Å². The van der Waals surface area contributed by atoms with Gasteiger partial charge in [0.05, 0.1) is 4.83 Å². The number of carbonyl (C=O) groups is 3. The summed E-state index contributed by atoms with van der Waals surface area (Å²) in [7, 11) is 0. The van der Waals surface area contributed by atoms with Crippen LogP contribution in [0.2, 0.25) is 0 Å². The first kappa shape index (κ1) is 30.3. The van der Waals surface area contributed by atoms with Gasteiger partial charge in [-0.15, -0.1) is 0 Å². The monoisotopic (exact) mass is 656 g/mol.